The van der Waals surface area contributed by atoms with E-state index in [0.717, 1.165) is 31.6 Å². The smallest absolute Gasteiger partial charge is 0.255 e. The van der Waals surface area contributed by atoms with Gasteiger partial charge in [0.2, 0.25) is 5.75 Å². The van der Waals surface area contributed by atoms with E-state index in [4.69, 9.17) is 14.2 Å². The van der Waals surface area contributed by atoms with Crippen molar-refractivity contribution in [1.82, 2.24) is 0 Å². The molecule has 0 atom stereocenters. The standard InChI is InChI=1S/C22H30N2O4/c1-6-8-13-24(7-2)18-11-9-16(10-12-18)22(25)23-17-14-19(26-3)21(28-5)20(15-17)27-4/h9-12,14-15H,6-8,13H2,1-5H3,(H,23,25). The third-order valence-electron chi connectivity index (χ3n) is 4.58. The Morgan fingerprint density at radius 1 is 0.964 bits per heavy atom. The first-order valence-corrected chi connectivity index (χ1v) is 9.54. The lowest BCUT2D eigenvalue weighted by atomic mass is 10.1. The van der Waals surface area contributed by atoms with Gasteiger partial charge in [0.25, 0.3) is 5.91 Å². The van der Waals surface area contributed by atoms with Gasteiger partial charge in [0.1, 0.15) is 0 Å². The molecule has 6 nitrogen and oxygen atoms in total. The monoisotopic (exact) mass is 386 g/mol. The van der Waals surface area contributed by atoms with E-state index in [0.29, 0.717) is 28.5 Å². The number of carbonyl (C=O) groups excluding carboxylic acids is 1. The molecule has 0 aliphatic heterocycles. The van der Waals surface area contributed by atoms with E-state index in [1.165, 1.54) is 0 Å². The molecule has 6 heteroatoms. The summed E-state index contributed by atoms with van der Waals surface area (Å²) in [5.74, 6) is 1.26. The molecule has 152 valence electrons. The second-order valence-corrected chi connectivity index (χ2v) is 6.35. The molecular formula is C22H30N2O4. The molecule has 0 aliphatic carbocycles. The van der Waals surface area contributed by atoms with Gasteiger partial charge in [0.15, 0.2) is 11.5 Å². The summed E-state index contributed by atoms with van der Waals surface area (Å²) < 4.78 is 16.0. The molecule has 0 bridgehead atoms. The number of hydrogen-bond acceptors (Lipinski definition) is 5. The molecule has 0 unspecified atom stereocenters. The normalized spacial score (nSPS) is 10.3. The zero-order valence-electron chi connectivity index (χ0n) is 17.4. The fourth-order valence-electron chi connectivity index (χ4n) is 3.00. The van der Waals surface area contributed by atoms with E-state index in [1.807, 2.05) is 24.3 Å². The van der Waals surface area contributed by atoms with Crippen molar-refractivity contribution in [2.24, 2.45) is 0 Å². The SMILES string of the molecule is CCCCN(CC)c1ccc(C(=O)Nc2cc(OC)c(OC)c(OC)c2)cc1. The Kier molecular flexibility index (Phi) is 7.99. The van der Waals surface area contributed by atoms with E-state index in [-0.39, 0.29) is 5.91 Å². The first-order chi connectivity index (χ1) is 13.6. The van der Waals surface area contributed by atoms with E-state index < -0.39 is 0 Å². The molecular weight excluding hydrogens is 356 g/mol. The number of nitrogens with one attached hydrogen (secondary N) is 1. The maximum absolute atomic E-state index is 12.7. The number of benzene rings is 2. The highest BCUT2D eigenvalue weighted by Crippen LogP contribution is 2.40. The number of unbranched alkanes of at least 4 members (excludes halogenated alkanes) is 1. The van der Waals surface area contributed by atoms with E-state index >= 15 is 0 Å². The topological polar surface area (TPSA) is 60.0 Å². The zero-order chi connectivity index (χ0) is 20.5. The Labute approximate surface area is 167 Å². The highest BCUT2D eigenvalue weighted by atomic mass is 16.5. The second-order valence-electron chi connectivity index (χ2n) is 6.35. The molecule has 1 N–H and O–H groups in total. The number of rotatable bonds is 10. The van der Waals surface area contributed by atoms with Crippen LogP contribution in [0, 0.1) is 0 Å². The largest absolute Gasteiger partial charge is 0.493 e. The first-order valence-electron chi connectivity index (χ1n) is 9.54. The fraction of sp³-hybridized carbons (Fsp3) is 0.409. The van der Waals surface area contributed by atoms with Crippen LogP contribution in [-0.2, 0) is 0 Å². The molecule has 1 amide bonds. The van der Waals surface area contributed by atoms with Gasteiger partial charge in [-0.05, 0) is 37.6 Å². The van der Waals surface area contributed by atoms with Gasteiger partial charge >= 0.3 is 0 Å². The summed E-state index contributed by atoms with van der Waals surface area (Å²) in [6, 6.07) is 11.1. The first kappa shape index (κ1) is 21.4. The van der Waals surface area contributed by atoms with E-state index in [1.54, 1.807) is 33.5 Å². The summed E-state index contributed by atoms with van der Waals surface area (Å²) in [4.78, 5) is 15.0. The van der Waals surface area contributed by atoms with Gasteiger partial charge in [0.05, 0.1) is 21.3 Å². The van der Waals surface area contributed by atoms with Crippen molar-refractivity contribution in [1.29, 1.82) is 0 Å². The van der Waals surface area contributed by atoms with Crippen LogP contribution in [0.25, 0.3) is 0 Å². The quantitative estimate of drug-likeness (QED) is 0.647. The summed E-state index contributed by atoms with van der Waals surface area (Å²) in [5, 5.41) is 2.89. The van der Waals surface area contributed by atoms with E-state index in [9.17, 15) is 4.79 Å². The highest BCUT2D eigenvalue weighted by molar-refractivity contribution is 6.04. The number of anilines is 2. The van der Waals surface area contributed by atoms with Gasteiger partial charge in [-0.3, -0.25) is 4.79 Å². The number of carbonyl (C=O) groups is 1. The summed E-state index contributed by atoms with van der Waals surface area (Å²) in [7, 11) is 4.62. The van der Waals surface area contributed by atoms with Crippen LogP contribution in [0.5, 0.6) is 17.2 Å². The maximum atomic E-state index is 12.7. The van der Waals surface area contributed by atoms with Crippen LogP contribution >= 0.6 is 0 Å². The van der Waals surface area contributed by atoms with Crippen molar-refractivity contribution in [3.63, 3.8) is 0 Å². The van der Waals surface area contributed by atoms with Gasteiger partial charge in [-0.25, -0.2) is 0 Å². The summed E-state index contributed by atoms with van der Waals surface area (Å²) in [6.45, 7) is 6.28. The lowest BCUT2D eigenvalue weighted by Crippen LogP contribution is -2.23. The number of ether oxygens (including phenoxy) is 3. The molecule has 2 rings (SSSR count). The van der Waals surface area contributed by atoms with Crippen LogP contribution in [-0.4, -0.2) is 40.3 Å². The average molecular weight is 386 g/mol. The highest BCUT2D eigenvalue weighted by Gasteiger charge is 2.15. The minimum atomic E-state index is -0.197. The van der Waals surface area contributed by atoms with Crippen molar-refractivity contribution >= 4 is 17.3 Å². The van der Waals surface area contributed by atoms with Crippen LogP contribution in [0.1, 0.15) is 37.0 Å². The van der Waals surface area contributed by atoms with Crippen LogP contribution in [0.3, 0.4) is 0 Å². The predicted molar refractivity (Wildman–Crippen MR) is 113 cm³/mol. The summed E-state index contributed by atoms with van der Waals surface area (Å²) in [5.41, 5.74) is 2.28. The van der Waals surface area contributed by atoms with Crippen molar-refractivity contribution in [2.75, 3.05) is 44.6 Å². The molecule has 28 heavy (non-hydrogen) atoms. The Morgan fingerprint density at radius 3 is 2.04 bits per heavy atom. The van der Waals surface area contributed by atoms with Crippen LogP contribution in [0.15, 0.2) is 36.4 Å². The molecule has 0 aromatic heterocycles. The van der Waals surface area contributed by atoms with Crippen LogP contribution < -0.4 is 24.4 Å². The number of nitrogens with zero attached hydrogens (tertiary/aromatic N) is 1. The van der Waals surface area contributed by atoms with Gasteiger partial charge in [-0.2, -0.15) is 0 Å². The third kappa shape index (κ3) is 5.09. The maximum Gasteiger partial charge on any atom is 0.255 e. The predicted octanol–water partition coefficient (Wildman–Crippen LogP) is 4.59. The molecule has 0 heterocycles. The Bertz CT molecular complexity index is 750. The minimum absolute atomic E-state index is 0.197. The second kappa shape index (κ2) is 10.4. The lowest BCUT2D eigenvalue weighted by Gasteiger charge is -2.23. The van der Waals surface area contributed by atoms with Gasteiger partial charge in [-0.15, -0.1) is 0 Å². The molecule has 2 aromatic rings. The lowest BCUT2D eigenvalue weighted by molar-refractivity contribution is 0.102. The Hall–Kier alpha value is -2.89. The van der Waals surface area contributed by atoms with E-state index in [2.05, 4.69) is 24.1 Å². The summed E-state index contributed by atoms with van der Waals surface area (Å²) >= 11 is 0. The van der Waals surface area contributed by atoms with Crippen molar-refractivity contribution < 1.29 is 19.0 Å². The molecule has 0 saturated heterocycles. The number of amides is 1. The molecule has 0 spiro atoms. The van der Waals surface area contributed by atoms with Crippen molar-refractivity contribution in [2.45, 2.75) is 26.7 Å². The molecule has 0 aliphatic rings. The van der Waals surface area contributed by atoms with Crippen molar-refractivity contribution in [3.8, 4) is 17.2 Å². The molecule has 0 fully saturated rings. The molecule has 2 aromatic carbocycles. The Morgan fingerprint density at radius 2 is 1.57 bits per heavy atom. The van der Waals surface area contributed by atoms with Crippen molar-refractivity contribution in [3.05, 3.63) is 42.0 Å². The molecule has 0 radical (unpaired) electrons. The van der Waals surface area contributed by atoms with Crippen LogP contribution in [0.4, 0.5) is 11.4 Å². The number of methoxy groups -OCH3 is 3. The van der Waals surface area contributed by atoms with Gasteiger partial charge in [-0.1, -0.05) is 13.3 Å². The third-order valence-corrected chi connectivity index (χ3v) is 4.58. The fourth-order valence-corrected chi connectivity index (χ4v) is 3.00. The average Bonchev–Trinajstić information content (AvgIpc) is 2.73. The van der Waals surface area contributed by atoms with Gasteiger partial charge < -0.3 is 24.4 Å². The Balaban J connectivity index is 2.16. The number of hydrogen-bond donors (Lipinski definition) is 1. The summed E-state index contributed by atoms with van der Waals surface area (Å²) in [6.07, 6.45) is 2.31. The minimum Gasteiger partial charge on any atom is -0.493 e. The molecule has 0 saturated carbocycles. The van der Waals surface area contributed by atoms with Gasteiger partial charge in [0, 0.05) is 42.2 Å². The zero-order valence-corrected chi connectivity index (χ0v) is 17.4. The van der Waals surface area contributed by atoms with Crippen LogP contribution in [0.2, 0.25) is 0 Å².